The van der Waals surface area contributed by atoms with Crippen LogP contribution in [0.5, 0.6) is 0 Å². The summed E-state index contributed by atoms with van der Waals surface area (Å²) in [6, 6.07) is 3.91. The van der Waals surface area contributed by atoms with Crippen LogP contribution in [0.4, 0.5) is 0 Å². The van der Waals surface area contributed by atoms with E-state index in [4.69, 9.17) is 5.73 Å². The molecule has 1 atom stereocenters. The molecule has 2 N–H and O–H groups in total. The van der Waals surface area contributed by atoms with Gasteiger partial charge in [-0.1, -0.05) is 6.07 Å². The Labute approximate surface area is 101 Å². The molecule has 17 heavy (non-hydrogen) atoms. The largest absolute Gasteiger partial charge is 0.324 e. The van der Waals surface area contributed by atoms with Gasteiger partial charge in [-0.05, 0) is 25.5 Å². The Bertz CT molecular complexity index is 494. The van der Waals surface area contributed by atoms with Crippen molar-refractivity contribution in [3.8, 4) is 0 Å². The summed E-state index contributed by atoms with van der Waals surface area (Å²) in [4.78, 5) is 12.9. The van der Waals surface area contributed by atoms with Crippen LogP contribution >= 0.6 is 0 Å². The fourth-order valence-electron chi connectivity index (χ4n) is 1.74. The molecule has 4 heteroatoms. The number of aromatic nitrogens is 3. The Morgan fingerprint density at radius 3 is 2.76 bits per heavy atom. The van der Waals surface area contributed by atoms with Crippen LogP contribution in [0.3, 0.4) is 0 Å². The molecule has 2 aromatic rings. The number of rotatable bonds is 3. The summed E-state index contributed by atoms with van der Waals surface area (Å²) in [7, 11) is 0. The molecule has 0 saturated carbocycles. The number of nitrogens with zero attached hydrogens (tertiary/aromatic N) is 3. The minimum Gasteiger partial charge on any atom is -0.324 e. The number of pyridine rings is 1. The smallest absolute Gasteiger partial charge is 0.132 e. The molecule has 88 valence electrons. The summed E-state index contributed by atoms with van der Waals surface area (Å²) in [5, 5.41) is 0. The van der Waals surface area contributed by atoms with E-state index in [0.717, 1.165) is 22.6 Å². The molecule has 0 aromatic carbocycles. The molecule has 0 bridgehead atoms. The van der Waals surface area contributed by atoms with Gasteiger partial charge in [-0.25, -0.2) is 9.97 Å². The SMILES string of the molecule is Cc1nc(Cc2cccnc2)ncc1[C@@H](C)N. The molecule has 0 radical (unpaired) electrons. The van der Waals surface area contributed by atoms with Gasteiger partial charge in [-0.2, -0.15) is 0 Å². The van der Waals surface area contributed by atoms with E-state index in [1.54, 1.807) is 6.20 Å². The normalized spacial score (nSPS) is 12.4. The summed E-state index contributed by atoms with van der Waals surface area (Å²) in [6.07, 6.45) is 6.11. The van der Waals surface area contributed by atoms with E-state index in [1.165, 1.54) is 0 Å². The van der Waals surface area contributed by atoms with Crippen molar-refractivity contribution in [3.05, 3.63) is 53.4 Å². The number of aryl methyl sites for hydroxylation is 1. The van der Waals surface area contributed by atoms with Crippen LogP contribution in [0, 0.1) is 6.92 Å². The Morgan fingerprint density at radius 1 is 1.35 bits per heavy atom. The van der Waals surface area contributed by atoms with Gasteiger partial charge in [-0.15, -0.1) is 0 Å². The maximum absolute atomic E-state index is 5.83. The van der Waals surface area contributed by atoms with E-state index in [2.05, 4.69) is 15.0 Å². The van der Waals surface area contributed by atoms with Crippen LogP contribution < -0.4 is 5.73 Å². The zero-order valence-electron chi connectivity index (χ0n) is 10.1. The third-order valence-electron chi connectivity index (χ3n) is 2.64. The zero-order chi connectivity index (χ0) is 12.3. The highest BCUT2D eigenvalue weighted by atomic mass is 14.9. The van der Waals surface area contributed by atoms with E-state index in [-0.39, 0.29) is 6.04 Å². The quantitative estimate of drug-likeness (QED) is 0.869. The molecule has 0 unspecified atom stereocenters. The molecule has 0 saturated heterocycles. The summed E-state index contributed by atoms with van der Waals surface area (Å²) in [6.45, 7) is 3.90. The predicted molar refractivity (Wildman–Crippen MR) is 66.4 cm³/mol. The van der Waals surface area contributed by atoms with Crippen molar-refractivity contribution in [2.45, 2.75) is 26.3 Å². The lowest BCUT2D eigenvalue weighted by atomic mass is 10.1. The minimum atomic E-state index is -0.0255. The molecule has 2 aromatic heterocycles. The Balaban J connectivity index is 2.21. The number of hydrogen-bond donors (Lipinski definition) is 1. The Morgan fingerprint density at radius 2 is 2.18 bits per heavy atom. The van der Waals surface area contributed by atoms with Gasteiger partial charge in [-0.3, -0.25) is 4.98 Å². The van der Waals surface area contributed by atoms with Crippen molar-refractivity contribution in [2.75, 3.05) is 0 Å². The standard InChI is InChI=1S/C13H16N4/c1-9(14)12-8-16-13(17-10(12)2)6-11-4-3-5-15-7-11/h3-5,7-9H,6,14H2,1-2H3/t9-/m1/s1. The van der Waals surface area contributed by atoms with E-state index in [0.29, 0.717) is 6.42 Å². The van der Waals surface area contributed by atoms with Crippen molar-refractivity contribution in [3.63, 3.8) is 0 Å². The van der Waals surface area contributed by atoms with Crippen LogP contribution in [-0.2, 0) is 6.42 Å². The molecule has 2 rings (SSSR count). The van der Waals surface area contributed by atoms with E-state index >= 15 is 0 Å². The average Bonchev–Trinajstić information content (AvgIpc) is 2.30. The maximum Gasteiger partial charge on any atom is 0.132 e. The highest BCUT2D eigenvalue weighted by molar-refractivity contribution is 5.21. The summed E-state index contributed by atoms with van der Waals surface area (Å²) in [5.41, 5.74) is 8.89. The molecule has 4 nitrogen and oxygen atoms in total. The third-order valence-corrected chi connectivity index (χ3v) is 2.64. The van der Waals surface area contributed by atoms with E-state index in [9.17, 15) is 0 Å². The molecule has 0 amide bonds. The van der Waals surface area contributed by atoms with Gasteiger partial charge in [0, 0.05) is 42.3 Å². The lowest BCUT2D eigenvalue weighted by Crippen LogP contribution is -2.10. The van der Waals surface area contributed by atoms with E-state index < -0.39 is 0 Å². The molecule has 0 aliphatic carbocycles. The van der Waals surface area contributed by atoms with Gasteiger partial charge in [0.15, 0.2) is 0 Å². The molecular formula is C13H16N4. The lowest BCUT2D eigenvalue weighted by molar-refractivity contribution is 0.776. The van der Waals surface area contributed by atoms with Crippen LogP contribution in [0.25, 0.3) is 0 Å². The van der Waals surface area contributed by atoms with Crippen molar-refractivity contribution < 1.29 is 0 Å². The first-order valence-corrected chi connectivity index (χ1v) is 5.63. The maximum atomic E-state index is 5.83. The van der Waals surface area contributed by atoms with Crippen LogP contribution in [0.2, 0.25) is 0 Å². The Hall–Kier alpha value is -1.81. The lowest BCUT2D eigenvalue weighted by Gasteiger charge is -2.09. The summed E-state index contributed by atoms with van der Waals surface area (Å²) >= 11 is 0. The van der Waals surface area contributed by atoms with Crippen molar-refractivity contribution in [1.29, 1.82) is 0 Å². The predicted octanol–water partition coefficient (Wildman–Crippen LogP) is 1.79. The summed E-state index contributed by atoms with van der Waals surface area (Å²) < 4.78 is 0. The fraction of sp³-hybridized carbons (Fsp3) is 0.308. The molecule has 2 heterocycles. The zero-order valence-corrected chi connectivity index (χ0v) is 10.1. The molecular weight excluding hydrogens is 212 g/mol. The van der Waals surface area contributed by atoms with Gasteiger partial charge >= 0.3 is 0 Å². The van der Waals surface area contributed by atoms with Gasteiger partial charge in [0.05, 0.1) is 0 Å². The molecule has 0 fully saturated rings. The average molecular weight is 228 g/mol. The summed E-state index contributed by atoms with van der Waals surface area (Å²) in [5.74, 6) is 0.805. The number of hydrogen-bond acceptors (Lipinski definition) is 4. The second kappa shape index (κ2) is 5.01. The number of nitrogens with two attached hydrogens (primary N) is 1. The van der Waals surface area contributed by atoms with Crippen LogP contribution in [-0.4, -0.2) is 15.0 Å². The second-order valence-corrected chi connectivity index (χ2v) is 4.15. The second-order valence-electron chi connectivity index (χ2n) is 4.15. The van der Waals surface area contributed by atoms with Gasteiger partial charge < -0.3 is 5.73 Å². The van der Waals surface area contributed by atoms with E-state index in [1.807, 2.05) is 38.4 Å². The van der Waals surface area contributed by atoms with Gasteiger partial charge in [0.1, 0.15) is 5.82 Å². The third kappa shape index (κ3) is 2.85. The van der Waals surface area contributed by atoms with Crippen molar-refractivity contribution in [2.24, 2.45) is 5.73 Å². The first-order valence-electron chi connectivity index (χ1n) is 5.63. The topological polar surface area (TPSA) is 64.7 Å². The fourth-order valence-corrected chi connectivity index (χ4v) is 1.74. The monoisotopic (exact) mass is 228 g/mol. The molecule has 0 spiro atoms. The Kier molecular flexibility index (Phi) is 3.44. The highest BCUT2D eigenvalue weighted by Crippen LogP contribution is 2.13. The van der Waals surface area contributed by atoms with Gasteiger partial charge in [0.2, 0.25) is 0 Å². The van der Waals surface area contributed by atoms with Crippen molar-refractivity contribution in [1.82, 2.24) is 15.0 Å². The first-order chi connectivity index (χ1) is 8.16. The van der Waals surface area contributed by atoms with Crippen molar-refractivity contribution >= 4 is 0 Å². The molecule has 0 aliphatic heterocycles. The van der Waals surface area contributed by atoms with Crippen LogP contribution in [0.15, 0.2) is 30.7 Å². The highest BCUT2D eigenvalue weighted by Gasteiger charge is 2.07. The van der Waals surface area contributed by atoms with Crippen LogP contribution in [0.1, 0.15) is 35.6 Å². The minimum absolute atomic E-state index is 0.0255. The first kappa shape index (κ1) is 11.7. The molecule has 0 aliphatic rings. The van der Waals surface area contributed by atoms with Gasteiger partial charge in [0.25, 0.3) is 0 Å².